The van der Waals surface area contributed by atoms with E-state index in [0.29, 0.717) is 43.3 Å². The first-order valence-electron chi connectivity index (χ1n) is 9.64. The van der Waals surface area contributed by atoms with Crippen LogP contribution in [-0.4, -0.2) is 30.0 Å². The number of fused-ring (bicyclic) bond motifs is 1. The number of nitrogens with one attached hydrogen (secondary N) is 2. The highest BCUT2D eigenvalue weighted by atomic mass is 32.2. The van der Waals surface area contributed by atoms with Gasteiger partial charge in [0.1, 0.15) is 16.5 Å². The molecular weight excluding hydrogens is 478 g/mol. The second-order valence-electron chi connectivity index (χ2n) is 7.02. The molecule has 1 aliphatic heterocycles. The summed E-state index contributed by atoms with van der Waals surface area (Å²) in [5, 5.41) is 0. The third kappa shape index (κ3) is 5.17. The molecule has 0 aromatic heterocycles. The van der Waals surface area contributed by atoms with Crippen LogP contribution in [0.3, 0.4) is 0 Å². The SMILES string of the molecule is O=S(=O)(Nc1ccc(NS(=O)(=O)c2cc(F)ccc2F)cc1)c1ccc2c(c1)OCCCO2. The Hall–Kier alpha value is -3.38. The van der Waals surface area contributed by atoms with Gasteiger partial charge in [-0.2, -0.15) is 0 Å². The average Bonchev–Trinajstić information content (AvgIpc) is 3.01. The second-order valence-corrected chi connectivity index (χ2v) is 10.4. The van der Waals surface area contributed by atoms with Crippen molar-refractivity contribution in [1.29, 1.82) is 0 Å². The molecule has 0 atom stereocenters. The number of benzene rings is 3. The zero-order chi connectivity index (χ0) is 23.6. The molecule has 8 nitrogen and oxygen atoms in total. The first-order valence-corrected chi connectivity index (χ1v) is 12.6. The standard InChI is InChI=1S/C21H18F2N2O6S2/c22-14-2-8-18(23)21(12-14)33(28,29)25-16-5-3-15(4-6-16)24-32(26,27)17-7-9-19-20(13-17)31-11-1-10-30-19/h2-9,12-13,24-25H,1,10-11H2. The van der Waals surface area contributed by atoms with E-state index in [1.807, 2.05) is 0 Å². The number of ether oxygens (including phenoxy) is 2. The molecule has 0 bridgehead atoms. The summed E-state index contributed by atoms with van der Waals surface area (Å²) < 4.78 is 92.9. The lowest BCUT2D eigenvalue weighted by Gasteiger charge is -2.12. The predicted octanol–water partition coefficient (Wildman–Crippen LogP) is 3.73. The van der Waals surface area contributed by atoms with E-state index >= 15 is 0 Å². The summed E-state index contributed by atoms with van der Waals surface area (Å²) in [7, 11) is -8.37. The average molecular weight is 497 g/mol. The van der Waals surface area contributed by atoms with Gasteiger partial charge in [0.2, 0.25) is 0 Å². The number of sulfonamides is 2. The zero-order valence-corrected chi connectivity index (χ0v) is 18.5. The number of hydrogen-bond donors (Lipinski definition) is 2. The van der Waals surface area contributed by atoms with Crippen molar-refractivity contribution in [3.05, 3.63) is 72.3 Å². The molecular formula is C21H18F2N2O6S2. The molecule has 4 rings (SSSR count). The molecule has 0 fully saturated rings. The fraction of sp³-hybridized carbons (Fsp3) is 0.143. The molecule has 0 aliphatic carbocycles. The maximum atomic E-state index is 13.8. The number of hydrogen-bond acceptors (Lipinski definition) is 6. The van der Waals surface area contributed by atoms with E-state index in [9.17, 15) is 25.6 Å². The maximum absolute atomic E-state index is 13.8. The van der Waals surface area contributed by atoms with Gasteiger partial charge in [-0.15, -0.1) is 0 Å². The van der Waals surface area contributed by atoms with Gasteiger partial charge in [0.15, 0.2) is 11.5 Å². The summed E-state index contributed by atoms with van der Waals surface area (Å²) in [6.45, 7) is 0.875. The third-order valence-electron chi connectivity index (χ3n) is 4.60. The lowest BCUT2D eigenvalue weighted by Crippen LogP contribution is -2.15. The van der Waals surface area contributed by atoms with Crippen molar-refractivity contribution in [3.8, 4) is 11.5 Å². The van der Waals surface area contributed by atoms with Crippen molar-refractivity contribution < 1.29 is 35.1 Å². The molecule has 0 spiro atoms. The van der Waals surface area contributed by atoms with E-state index in [0.717, 1.165) is 6.07 Å². The first-order chi connectivity index (χ1) is 15.6. The lowest BCUT2D eigenvalue weighted by atomic mass is 10.3. The van der Waals surface area contributed by atoms with Gasteiger partial charge in [-0.05, 0) is 54.6 Å². The van der Waals surface area contributed by atoms with Crippen molar-refractivity contribution in [1.82, 2.24) is 0 Å². The van der Waals surface area contributed by atoms with Crippen LogP contribution in [0.5, 0.6) is 11.5 Å². The Balaban J connectivity index is 1.50. The molecule has 33 heavy (non-hydrogen) atoms. The molecule has 0 saturated heterocycles. The van der Waals surface area contributed by atoms with Crippen molar-refractivity contribution in [2.24, 2.45) is 0 Å². The number of halogens is 2. The highest BCUT2D eigenvalue weighted by molar-refractivity contribution is 7.93. The largest absolute Gasteiger partial charge is 0.490 e. The molecule has 174 valence electrons. The predicted molar refractivity (Wildman–Crippen MR) is 116 cm³/mol. The van der Waals surface area contributed by atoms with Gasteiger partial charge in [-0.1, -0.05) is 0 Å². The van der Waals surface area contributed by atoms with E-state index in [1.54, 1.807) is 0 Å². The molecule has 0 amide bonds. The summed E-state index contributed by atoms with van der Waals surface area (Å²) >= 11 is 0. The summed E-state index contributed by atoms with van der Waals surface area (Å²) in [4.78, 5) is -0.889. The van der Waals surface area contributed by atoms with E-state index in [2.05, 4.69) is 9.44 Å². The summed E-state index contributed by atoms with van der Waals surface area (Å²) in [6.07, 6.45) is 0.678. The molecule has 1 aliphatic rings. The van der Waals surface area contributed by atoms with Crippen LogP contribution in [0.25, 0.3) is 0 Å². The Kier molecular flexibility index (Phi) is 6.13. The molecule has 3 aromatic rings. The monoisotopic (exact) mass is 496 g/mol. The minimum absolute atomic E-state index is 0.0252. The van der Waals surface area contributed by atoms with E-state index < -0.39 is 36.6 Å². The normalized spacial score (nSPS) is 13.8. The highest BCUT2D eigenvalue weighted by Crippen LogP contribution is 2.32. The molecule has 2 N–H and O–H groups in total. The Morgan fingerprint density at radius 3 is 1.97 bits per heavy atom. The number of rotatable bonds is 6. The van der Waals surface area contributed by atoms with Gasteiger partial charge in [-0.3, -0.25) is 9.44 Å². The molecule has 0 radical (unpaired) electrons. The Morgan fingerprint density at radius 1 is 0.697 bits per heavy atom. The second kappa shape index (κ2) is 8.87. The van der Waals surface area contributed by atoms with E-state index in [4.69, 9.17) is 9.47 Å². The Bertz CT molecular complexity index is 1390. The minimum atomic E-state index is -4.40. The fourth-order valence-electron chi connectivity index (χ4n) is 3.02. The first kappa shape index (κ1) is 22.8. The minimum Gasteiger partial charge on any atom is -0.490 e. The summed E-state index contributed by atoms with van der Waals surface area (Å²) in [5.74, 6) is -1.23. The Labute approximate surface area is 189 Å². The third-order valence-corrected chi connectivity index (χ3v) is 7.38. The molecule has 12 heteroatoms. The van der Waals surface area contributed by atoms with Gasteiger partial charge in [0.05, 0.1) is 18.1 Å². The van der Waals surface area contributed by atoms with Crippen LogP contribution in [0.15, 0.2) is 70.5 Å². The molecule has 1 heterocycles. The van der Waals surface area contributed by atoms with Crippen LogP contribution in [-0.2, 0) is 20.0 Å². The van der Waals surface area contributed by atoms with E-state index in [-0.39, 0.29) is 16.3 Å². The van der Waals surface area contributed by atoms with Gasteiger partial charge < -0.3 is 9.47 Å². The van der Waals surface area contributed by atoms with Crippen LogP contribution < -0.4 is 18.9 Å². The quantitative estimate of drug-likeness (QED) is 0.538. The summed E-state index contributed by atoms with van der Waals surface area (Å²) in [6, 6.07) is 11.5. The van der Waals surface area contributed by atoms with Gasteiger partial charge in [-0.25, -0.2) is 25.6 Å². The topological polar surface area (TPSA) is 111 Å². The molecule has 3 aromatic carbocycles. The lowest BCUT2D eigenvalue weighted by molar-refractivity contribution is 0.297. The van der Waals surface area contributed by atoms with Crippen molar-refractivity contribution >= 4 is 31.4 Å². The summed E-state index contributed by atoms with van der Waals surface area (Å²) in [5.41, 5.74) is 0.180. The van der Waals surface area contributed by atoms with Crippen LogP contribution >= 0.6 is 0 Å². The van der Waals surface area contributed by atoms with Gasteiger partial charge >= 0.3 is 0 Å². The van der Waals surface area contributed by atoms with Crippen LogP contribution in [0.2, 0.25) is 0 Å². The van der Waals surface area contributed by atoms with Gasteiger partial charge in [0.25, 0.3) is 20.0 Å². The Morgan fingerprint density at radius 2 is 1.30 bits per heavy atom. The molecule has 0 unspecified atom stereocenters. The van der Waals surface area contributed by atoms with Crippen LogP contribution in [0.1, 0.15) is 6.42 Å². The van der Waals surface area contributed by atoms with Crippen LogP contribution in [0.4, 0.5) is 20.2 Å². The maximum Gasteiger partial charge on any atom is 0.264 e. The molecule has 0 saturated carbocycles. The smallest absolute Gasteiger partial charge is 0.264 e. The zero-order valence-electron chi connectivity index (χ0n) is 16.9. The van der Waals surface area contributed by atoms with Crippen molar-refractivity contribution in [2.45, 2.75) is 16.2 Å². The van der Waals surface area contributed by atoms with Gasteiger partial charge in [0, 0.05) is 23.9 Å². The van der Waals surface area contributed by atoms with Crippen molar-refractivity contribution in [2.75, 3.05) is 22.7 Å². The van der Waals surface area contributed by atoms with E-state index in [1.165, 1.54) is 42.5 Å². The fourth-order valence-corrected chi connectivity index (χ4v) is 5.25. The van der Waals surface area contributed by atoms with Crippen molar-refractivity contribution in [3.63, 3.8) is 0 Å². The van der Waals surface area contributed by atoms with Crippen LogP contribution in [0, 0.1) is 11.6 Å². The number of anilines is 2. The highest BCUT2D eigenvalue weighted by Gasteiger charge is 2.21.